The van der Waals surface area contributed by atoms with E-state index in [1.807, 2.05) is 38.1 Å². The number of benzene rings is 1. The maximum Gasteiger partial charge on any atom is 0.244 e. The lowest BCUT2D eigenvalue weighted by atomic mass is 9.99. The topological polar surface area (TPSA) is 96.7 Å². The number of aromatic amines is 1. The number of H-pyrrole nitrogens is 1. The number of nitrogens with two attached hydrogens (primary N) is 1. The normalized spacial score (nSPS) is 13.8. The van der Waals surface area contributed by atoms with Gasteiger partial charge >= 0.3 is 0 Å². The Morgan fingerprint density at radius 3 is 2.85 bits per heavy atom. The van der Waals surface area contributed by atoms with E-state index in [1.165, 1.54) is 0 Å². The van der Waals surface area contributed by atoms with Gasteiger partial charge < -0.3 is 11.1 Å². The molecule has 20 heavy (non-hydrogen) atoms. The van der Waals surface area contributed by atoms with Crippen LogP contribution in [-0.4, -0.2) is 26.6 Å². The van der Waals surface area contributed by atoms with Crippen molar-refractivity contribution in [3.63, 3.8) is 0 Å². The number of hydrogen-bond acceptors (Lipinski definition) is 4. The monoisotopic (exact) mass is 273 g/mol. The number of nitrogens with one attached hydrogen (secondary N) is 2. The molecule has 6 heteroatoms. The molecule has 4 N–H and O–H groups in total. The predicted molar refractivity (Wildman–Crippen MR) is 78.1 cm³/mol. The highest BCUT2D eigenvalue weighted by molar-refractivity contribution is 5.97. The third-order valence-electron chi connectivity index (χ3n) is 3.23. The number of aromatic nitrogens is 3. The van der Waals surface area contributed by atoms with Gasteiger partial charge in [-0.25, -0.2) is 4.98 Å². The highest BCUT2D eigenvalue weighted by Crippen LogP contribution is 2.20. The summed E-state index contributed by atoms with van der Waals surface area (Å²) in [4.78, 5) is 16.3. The molecule has 0 aliphatic heterocycles. The van der Waals surface area contributed by atoms with Crippen molar-refractivity contribution >= 4 is 11.6 Å². The Balaban J connectivity index is 2.21. The van der Waals surface area contributed by atoms with Gasteiger partial charge in [-0.15, -0.1) is 0 Å². The summed E-state index contributed by atoms with van der Waals surface area (Å²) in [6.07, 6.45) is 0.568. The molecule has 0 fully saturated rings. The van der Waals surface area contributed by atoms with Gasteiger partial charge in [0.05, 0.1) is 5.54 Å². The van der Waals surface area contributed by atoms with Crippen LogP contribution in [0.4, 0.5) is 5.69 Å². The maximum atomic E-state index is 12.0. The molecule has 2 aromatic rings. The molecule has 1 heterocycles. The van der Waals surface area contributed by atoms with Crippen LogP contribution in [0.1, 0.15) is 26.1 Å². The zero-order valence-electron chi connectivity index (χ0n) is 11.9. The fourth-order valence-electron chi connectivity index (χ4n) is 1.64. The summed E-state index contributed by atoms with van der Waals surface area (Å²) in [6, 6.07) is 7.37. The lowest BCUT2D eigenvalue weighted by Gasteiger charge is -2.21. The highest BCUT2D eigenvalue weighted by Gasteiger charge is 2.25. The molecule has 1 unspecified atom stereocenters. The first-order valence-corrected chi connectivity index (χ1v) is 6.52. The maximum absolute atomic E-state index is 12.0. The molecular formula is C14H19N5O. The Hall–Kier alpha value is -2.21. The summed E-state index contributed by atoms with van der Waals surface area (Å²) >= 11 is 0. The summed E-state index contributed by atoms with van der Waals surface area (Å²) in [7, 11) is 0. The molecule has 0 aliphatic rings. The minimum Gasteiger partial charge on any atom is -0.324 e. The van der Waals surface area contributed by atoms with Crippen LogP contribution >= 0.6 is 0 Å². The van der Waals surface area contributed by atoms with Gasteiger partial charge in [-0.1, -0.05) is 19.1 Å². The van der Waals surface area contributed by atoms with Crippen LogP contribution in [0.15, 0.2) is 24.3 Å². The van der Waals surface area contributed by atoms with E-state index in [1.54, 1.807) is 6.92 Å². The zero-order chi connectivity index (χ0) is 14.8. The molecule has 1 amide bonds. The van der Waals surface area contributed by atoms with Gasteiger partial charge in [0.25, 0.3) is 0 Å². The van der Waals surface area contributed by atoms with Crippen molar-refractivity contribution < 1.29 is 4.79 Å². The second-order valence-electron chi connectivity index (χ2n) is 5.05. The molecule has 1 atom stereocenters. The molecule has 0 radical (unpaired) electrons. The summed E-state index contributed by atoms with van der Waals surface area (Å²) < 4.78 is 0. The number of carbonyl (C=O) groups is 1. The molecule has 6 nitrogen and oxygen atoms in total. The Kier molecular flexibility index (Phi) is 3.85. The molecule has 2 rings (SSSR count). The lowest BCUT2D eigenvalue weighted by Crippen LogP contribution is -2.47. The number of aryl methyl sites for hydroxylation is 1. The van der Waals surface area contributed by atoms with Crippen LogP contribution < -0.4 is 11.1 Å². The molecule has 106 valence electrons. The average molecular weight is 273 g/mol. The molecule has 0 aliphatic carbocycles. The lowest BCUT2D eigenvalue weighted by molar-refractivity contribution is -0.120. The van der Waals surface area contributed by atoms with Crippen molar-refractivity contribution in [3.8, 4) is 11.4 Å². The molecule has 0 saturated heterocycles. The first-order valence-electron chi connectivity index (χ1n) is 6.52. The van der Waals surface area contributed by atoms with Crippen molar-refractivity contribution in [2.75, 3.05) is 5.32 Å². The van der Waals surface area contributed by atoms with E-state index < -0.39 is 5.54 Å². The van der Waals surface area contributed by atoms with E-state index in [0.717, 1.165) is 11.4 Å². The average Bonchev–Trinajstić information content (AvgIpc) is 2.85. The number of amides is 1. The van der Waals surface area contributed by atoms with E-state index >= 15 is 0 Å². The Morgan fingerprint density at radius 1 is 1.50 bits per heavy atom. The predicted octanol–water partition coefficient (Wildman–Crippen LogP) is 1.85. The number of rotatable bonds is 4. The van der Waals surface area contributed by atoms with E-state index in [9.17, 15) is 4.79 Å². The van der Waals surface area contributed by atoms with Crippen LogP contribution in [-0.2, 0) is 4.79 Å². The summed E-state index contributed by atoms with van der Waals surface area (Å²) in [5.74, 6) is 1.14. The Labute approximate surface area is 117 Å². The number of carbonyl (C=O) groups excluding carboxylic acids is 1. The van der Waals surface area contributed by atoms with Crippen LogP contribution in [0.5, 0.6) is 0 Å². The molecule has 0 spiro atoms. The van der Waals surface area contributed by atoms with E-state index in [4.69, 9.17) is 5.73 Å². The van der Waals surface area contributed by atoms with Gasteiger partial charge in [0.15, 0.2) is 5.82 Å². The van der Waals surface area contributed by atoms with E-state index in [-0.39, 0.29) is 5.91 Å². The first-order chi connectivity index (χ1) is 9.42. The minimum atomic E-state index is -0.878. The first kappa shape index (κ1) is 14.2. The van der Waals surface area contributed by atoms with Crippen LogP contribution in [0, 0.1) is 6.92 Å². The summed E-state index contributed by atoms with van der Waals surface area (Å²) in [6.45, 7) is 5.43. The zero-order valence-corrected chi connectivity index (χ0v) is 11.9. The van der Waals surface area contributed by atoms with Gasteiger partial charge in [0, 0.05) is 11.3 Å². The van der Waals surface area contributed by atoms with Crippen molar-refractivity contribution in [3.05, 3.63) is 30.1 Å². The molecule has 1 aromatic heterocycles. The molecule has 0 saturated carbocycles. The van der Waals surface area contributed by atoms with Crippen LogP contribution in [0.2, 0.25) is 0 Å². The van der Waals surface area contributed by atoms with Gasteiger partial charge in [0.2, 0.25) is 5.91 Å². The number of hydrogen-bond donors (Lipinski definition) is 3. The van der Waals surface area contributed by atoms with Gasteiger partial charge in [0.1, 0.15) is 5.82 Å². The van der Waals surface area contributed by atoms with E-state index in [2.05, 4.69) is 20.5 Å². The molecule has 0 bridgehead atoms. The van der Waals surface area contributed by atoms with Crippen molar-refractivity contribution in [1.82, 2.24) is 15.2 Å². The summed E-state index contributed by atoms with van der Waals surface area (Å²) in [5.41, 5.74) is 6.56. The van der Waals surface area contributed by atoms with Gasteiger partial charge in [-0.3, -0.25) is 9.89 Å². The fraction of sp³-hybridized carbons (Fsp3) is 0.357. The largest absolute Gasteiger partial charge is 0.324 e. The second-order valence-corrected chi connectivity index (χ2v) is 5.05. The van der Waals surface area contributed by atoms with Crippen molar-refractivity contribution in [2.45, 2.75) is 32.7 Å². The smallest absolute Gasteiger partial charge is 0.244 e. The van der Waals surface area contributed by atoms with E-state index in [0.29, 0.717) is 17.9 Å². The standard InChI is InChI=1S/C14H19N5O/c1-4-14(3,15)13(20)17-11-7-5-6-10(8-11)12-16-9(2)18-19-12/h5-8H,4,15H2,1-3H3,(H,17,20)(H,16,18,19). The van der Waals surface area contributed by atoms with Crippen molar-refractivity contribution in [1.29, 1.82) is 0 Å². The fourth-order valence-corrected chi connectivity index (χ4v) is 1.64. The van der Waals surface area contributed by atoms with Crippen LogP contribution in [0.3, 0.4) is 0 Å². The number of nitrogens with zero attached hydrogens (tertiary/aromatic N) is 2. The summed E-state index contributed by atoms with van der Waals surface area (Å²) in [5, 5.41) is 9.71. The van der Waals surface area contributed by atoms with Crippen molar-refractivity contribution in [2.24, 2.45) is 5.73 Å². The molecular weight excluding hydrogens is 254 g/mol. The third kappa shape index (κ3) is 3.03. The van der Waals surface area contributed by atoms with Gasteiger partial charge in [-0.05, 0) is 32.4 Å². The third-order valence-corrected chi connectivity index (χ3v) is 3.23. The quantitative estimate of drug-likeness (QED) is 0.792. The molecule has 1 aromatic carbocycles. The second kappa shape index (κ2) is 5.42. The minimum absolute atomic E-state index is 0.205. The SMILES string of the molecule is CCC(C)(N)C(=O)Nc1cccc(-c2n[nH]c(C)n2)c1. The van der Waals surface area contributed by atoms with Crippen LogP contribution in [0.25, 0.3) is 11.4 Å². The highest BCUT2D eigenvalue weighted by atomic mass is 16.2. The van der Waals surface area contributed by atoms with Gasteiger partial charge in [-0.2, -0.15) is 5.10 Å². The Morgan fingerprint density at radius 2 is 2.25 bits per heavy atom. The Bertz CT molecular complexity index is 618. The number of anilines is 1.